The van der Waals surface area contributed by atoms with Gasteiger partial charge in [0.1, 0.15) is 5.82 Å². The summed E-state index contributed by atoms with van der Waals surface area (Å²) in [6, 6.07) is 8.45. The van der Waals surface area contributed by atoms with Crippen LogP contribution < -0.4 is 5.56 Å². The maximum absolute atomic E-state index is 12.4. The van der Waals surface area contributed by atoms with E-state index < -0.39 is 0 Å². The Morgan fingerprint density at radius 1 is 1.36 bits per heavy atom. The molecule has 1 aliphatic rings. The molecule has 0 unspecified atom stereocenters. The second-order valence-electron chi connectivity index (χ2n) is 6.48. The Hall–Kier alpha value is -1.50. The molecule has 130 valence electrons. The molecule has 4 nitrogen and oxygen atoms in total. The zero-order valence-corrected chi connectivity index (χ0v) is 16.5. The highest BCUT2D eigenvalue weighted by Gasteiger charge is 2.22. The zero-order chi connectivity index (χ0) is 17.4. The fourth-order valence-electron chi connectivity index (χ4n) is 3.39. The second-order valence-corrected chi connectivity index (χ2v) is 8.41. The first-order valence-corrected chi connectivity index (χ1v) is 10.3. The van der Waals surface area contributed by atoms with Crippen LogP contribution in [0, 0.1) is 0 Å². The average Bonchev–Trinajstić information content (AvgIpc) is 2.92. The molecule has 0 amide bonds. The van der Waals surface area contributed by atoms with Gasteiger partial charge in [0.15, 0.2) is 0 Å². The number of thiophene rings is 1. The summed E-state index contributed by atoms with van der Waals surface area (Å²) in [7, 11) is 0. The normalized spacial score (nSPS) is 14.8. The molecule has 0 saturated heterocycles. The Bertz CT molecular complexity index is 978. The number of H-pyrrole nitrogens is 1. The quantitative estimate of drug-likeness (QED) is 0.689. The number of rotatable bonds is 4. The minimum Gasteiger partial charge on any atom is -0.310 e. The van der Waals surface area contributed by atoms with Gasteiger partial charge in [-0.2, -0.15) is 0 Å². The Kier molecular flexibility index (Phi) is 4.75. The van der Waals surface area contributed by atoms with E-state index in [9.17, 15) is 4.79 Å². The average molecular weight is 418 g/mol. The highest BCUT2D eigenvalue weighted by Crippen LogP contribution is 2.36. The molecule has 0 radical (unpaired) electrons. The van der Waals surface area contributed by atoms with E-state index in [0.717, 1.165) is 49.4 Å². The van der Waals surface area contributed by atoms with Crippen molar-refractivity contribution >= 4 is 37.4 Å². The van der Waals surface area contributed by atoms with E-state index >= 15 is 0 Å². The molecule has 4 rings (SSSR count). The molecular formula is C19H20BrN3OS. The Balaban J connectivity index is 1.58. The van der Waals surface area contributed by atoms with Gasteiger partial charge in [-0.1, -0.05) is 25.1 Å². The smallest absolute Gasteiger partial charge is 0.255 e. The molecule has 0 saturated carbocycles. The Labute approximate surface area is 159 Å². The summed E-state index contributed by atoms with van der Waals surface area (Å²) in [5.41, 5.74) is 1.86. The van der Waals surface area contributed by atoms with Crippen molar-refractivity contribution in [3.8, 4) is 0 Å². The monoisotopic (exact) mass is 417 g/mol. The molecule has 2 aromatic heterocycles. The molecule has 0 spiro atoms. The van der Waals surface area contributed by atoms with Crippen molar-refractivity contribution in [1.29, 1.82) is 0 Å². The van der Waals surface area contributed by atoms with Gasteiger partial charge in [-0.15, -0.1) is 11.3 Å². The molecule has 0 bridgehead atoms. The summed E-state index contributed by atoms with van der Waals surface area (Å²) in [6.45, 7) is 4.57. The van der Waals surface area contributed by atoms with E-state index in [1.165, 1.54) is 19.4 Å². The molecule has 1 N–H and O–H groups in total. The topological polar surface area (TPSA) is 49.0 Å². The molecule has 0 atom stereocenters. The number of benzene rings is 1. The SMILES string of the molecule is CCCc1nc2c(c(=O)[nH]1)CN(Cc1sc3ccccc3c1Br)CC2. The van der Waals surface area contributed by atoms with Gasteiger partial charge in [0.2, 0.25) is 0 Å². The summed E-state index contributed by atoms with van der Waals surface area (Å²) < 4.78 is 2.48. The first kappa shape index (κ1) is 16.9. The lowest BCUT2D eigenvalue weighted by atomic mass is 10.1. The molecule has 25 heavy (non-hydrogen) atoms. The molecule has 6 heteroatoms. The van der Waals surface area contributed by atoms with Gasteiger partial charge in [-0.05, 0) is 28.4 Å². The summed E-state index contributed by atoms with van der Waals surface area (Å²) in [4.78, 5) is 23.7. The number of aryl methyl sites for hydroxylation is 1. The summed E-state index contributed by atoms with van der Waals surface area (Å²) in [5, 5.41) is 1.27. The number of hydrogen-bond donors (Lipinski definition) is 1. The first-order chi connectivity index (χ1) is 12.2. The van der Waals surface area contributed by atoms with Crippen LogP contribution in [0.3, 0.4) is 0 Å². The number of hydrogen-bond acceptors (Lipinski definition) is 4. The van der Waals surface area contributed by atoms with Gasteiger partial charge in [0.25, 0.3) is 5.56 Å². The van der Waals surface area contributed by atoms with E-state index in [2.05, 4.69) is 62.0 Å². The van der Waals surface area contributed by atoms with Crippen molar-refractivity contribution in [2.45, 2.75) is 39.3 Å². The lowest BCUT2D eigenvalue weighted by molar-refractivity contribution is 0.243. The number of nitrogens with one attached hydrogen (secondary N) is 1. The van der Waals surface area contributed by atoms with Crippen molar-refractivity contribution in [3.63, 3.8) is 0 Å². The van der Waals surface area contributed by atoms with Crippen LogP contribution in [0.4, 0.5) is 0 Å². The van der Waals surface area contributed by atoms with E-state index in [4.69, 9.17) is 0 Å². The third-order valence-corrected chi connectivity index (χ3v) is 6.98. The molecule has 3 aromatic rings. The van der Waals surface area contributed by atoms with Crippen molar-refractivity contribution < 1.29 is 0 Å². The van der Waals surface area contributed by atoms with Gasteiger partial charge in [-0.3, -0.25) is 9.69 Å². The van der Waals surface area contributed by atoms with E-state index in [-0.39, 0.29) is 5.56 Å². The largest absolute Gasteiger partial charge is 0.310 e. The van der Waals surface area contributed by atoms with E-state index in [1.54, 1.807) is 0 Å². The molecule has 1 aliphatic heterocycles. The molecule has 3 heterocycles. The van der Waals surface area contributed by atoms with E-state index in [1.807, 2.05) is 11.3 Å². The van der Waals surface area contributed by atoms with Gasteiger partial charge < -0.3 is 4.98 Å². The van der Waals surface area contributed by atoms with Crippen LogP contribution >= 0.6 is 27.3 Å². The third kappa shape index (κ3) is 3.30. The standard InChI is InChI=1S/C19H20BrN3OS/c1-2-5-17-21-14-8-9-23(10-13(14)19(24)22-17)11-16-18(20)12-6-3-4-7-15(12)25-16/h3-4,6-7H,2,5,8-11H2,1H3,(H,21,22,24). The minimum atomic E-state index is 0.0357. The lowest BCUT2D eigenvalue weighted by Gasteiger charge is -2.27. The first-order valence-electron chi connectivity index (χ1n) is 8.65. The maximum Gasteiger partial charge on any atom is 0.255 e. The predicted molar refractivity (Wildman–Crippen MR) is 106 cm³/mol. The van der Waals surface area contributed by atoms with Crippen molar-refractivity contribution in [2.75, 3.05) is 6.54 Å². The summed E-state index contributed by atoms with van der Waals surface area (Å²) >= 11 is 5.58. The molecule has 0 aliphatic carbocycles. The number of nitrogens with zero attached hydrogens (tertiary/aromatic N) is 2. The minimum absolute atomic E-state index is 0.0357. The number of aromatic nitrogens is 2. The fourth-order valence-corrected chi connectivity index (χ4v) is 5.38. The zero-order valence-electron chi connectivity index (χ0n) is 14.1. The van der Waals surface area contributed by atoms with Crippen LogP contribution in [0.5, 0.6) is 0 Å². The Morgan fingerprint density at radius 2 is 2.20 bits per heavy atom. The van der Waals surface area contributed by atoms with Crippen LogP contribution in [-0.4, -0.2) is 21.4 Å². The molecular weight excluding hydrogens is 398 g/mol. The van der Waals surface area contributed by atoms with Gasteiger partial charge in [-0.25, -0.2) is 4.98 Å². The fraction of sp³-hybridized carbons (Fsp3) is 0.368. The lowest BCUT2D eigenvalue weighted by Crippen LogP contribution is -2.35. The number of halogens is 1. The highest BCUT2D eigenvalue weighted by molar-refractivity contribution is 9.10. The van der Waals surface area contributed by atoms with Crippen LogP contribution in [0.2, 0.25) is 0 Å². The van der Waals surface area contributed by atoms with Gasteiger partial charge >= 0.3 is 0 Å². The predicted octanol–water partition coefficient (Wildman–Crippen LogP) is 4.26. The number of fused-ring (bicyclic) bond motifs is 2. The third-order valence-electron chi connectivity index (χ3n) is 4.65. The highest BCUT2D eigenvalue weighted by atomic mass is 79.9. The molecule has 0 fully saturated rings. The summed E-state index contributed by atoms with van der Waals surface area (Å²) in [5.74, 6) is 0.826. The van der Waals surface area contributed by atoms with Crippen molar-refractivity contribution in [1.82, 2.24) is 14.9 Å². The van der Waals surface area contributed by atoms with Crippen molar-refractivity contribution in [3.05, 3.63) is 61.1 Å². The second kappa shape index (κ2) is 7.02. The number of aromatic amines is 1. The molecule has 1 aromatic carbocycles. The van der Waals surface area contributed by atoms with Crippen LogP contribution in [-0.2, 0) is 25.9 Å². The van der Waals surface area contributed by atoms with Gasteiger partial charge in [0, 0.05) is 51.9 Å². The van der Waals surface area contributed by atoms with Crippen LogP contribution in [0.25, 0.3) is 10.1 Å². The van der Waals surface area contributed by atoms with Gasteiger partial charge in [0.05, 0.1) is 11.3 Å². The van der Waals surface area contributed by atoms with E-state index in [0.29, 0.717) is 6.54 Å². The van der Waals surface area contributed by atoms with Crippen LogP contribution in [0.1, 0.15) is 35.3 Å². The van der Waals surface area contributed by atoms with Crippen molar-refractivity contribution in [2.24, 2.45) is 0 Å². The summed E-state index contributed by atoms with van der Waals surface area (Å²) in [6.07, 6.45) is 2.67. The van der Waals surface area contributed by atoms with Crippen LogP contribution in [0.15, 0.2) is 33.5 Å². The Morgan fingerprint density at radius 3 is 3.00 bits per heavy atom. The maximum atomic E-state index is 12.4.